The molecule has 0 saturated carbocycles. The molecule has 3 rings (SSSR count). The fourth-order valence-corrected chi connectivity index (χ4v) is 3.25. The Labute approximate surface area is 138 Å². The number of thiophene rings is 1. The number of hydrogen-bond donors (Lipinski definition) is 2. The molecular weight excluding hydrogens is 310 g/mol. The van der Waals surface area contributed by atoms with E-state index >= 15 is 0 Å². The Balaban J connectivity index is 1.74. The van der Waals surface area contributed by atoms with E-state index in [2.05, 4.69) is 33.6 Å². The molecule has 0 aliphatic heterocycles. The molecule has 3 aromatic heterocycles. The molecule has 120 valence electrons. The highest BCUT2D eigenvalue weighted by atomic mass is 32.1. The molecule has 3 aromatic rings. The fourth-order valence-electron chi connectivity index (χ4n) is 2.42. The van der Waals surface area contributed by atoms with Crippen LogP contribution < -0.4 is 5.32 Å². The van der Waals surface area contributed by atoms with E-state index in [4.69, 9.17) is 0 Å². The van der Waals surface area contributed by atoms with Gasteiger partial charge in [0.05, 0.1) is 22.8 Å². The van der Waals surface area contributed by atoms with Gasteiger partial charge in [0.2, 0.25) is 0 Å². The first-order valence-corrected chi connectivity index (χ1v) is 8.30. The summed E-state index contributed by atoms with van der Waals surface area (Å²) in [6.07, 6.45) is 4.48. The normalized spacial score (nSPS) is 12.3. The molecule has 1 amide bonds. The molecule has 3 heterocycles. The Morgan fingerprint density at radius 3 is 2.91 bits per heavy atom. The number of hydrogen-bond acceptors (Lipinski definition) is 4. The standard InChI is InChI=1S/C16H19N5OS/c1-4-12(11-8-17-21(3)9-11)18-16(22)14-7-13(19-20-14)15-6-5-10(2)23-15/h5-9,12H,4H2,1-3H3,(H,18,22)(H,19,20)/t12-/m1/s1. The maximum Gasteiger partial charge on any atom is 0.272 e. The van der Waals surface area contributed by atoms with Crippen molar-refractivity contribution in [2.75, 3.05) is 0 Å². The number of rotatable bonds is 5. The van der Waals surface area contributed by atoms with E-state index < -0.39 is 0 Å². The molecule has 7 heteroatoms. The van der Waals surface area contributed by atoms with Gasteiger partial charge in [-0.05, 0) is 31.5 Å². The molecule has 0 aliphatic rings. The second-order valence-corrected chi connectivity index (χ2v) is 6.75. The topological polar surface area (TPSA) is 75.6 Å². The highest BCUT2D eigenvalue weighted by Crippen LogP contribution is 2.26. The Morgan fingerprint density at radius 1 is 1.48 bits per heavy atom. The van der Waals surface area contributed by atoms with E-state index in [9.17, 15) is 4.79 Å². The molecule has 1 atom stereocenters. The van der Waals surface area contributed by atoms with Crippen LogP contribution in [-0.4, -0.2) is 25.9 Å². The number of nitrogens with one attached hydrogen (secondary N) is 2. The third-order valence-electron chi connectivity index (χ3n) is 3.66. The number of carbonyl (C=O) groups is 1. The van der Waals surface area contributed by atoms with Gasteiger partial charge in [0.1, 0.15) is 0 Å². The number of amides is 1. The molecule has 0 unspecified atom stereocenters. The molecule has 0 radical (unpaired) electrons. The number of nitrogens with zero attached hydrogens (tertiary/aromatic N) is 3. The summed E-state index contributed by atoms with van der Waals surface area (Å²) in [4.78, 5) is 14.7. The lowest BCUT2D eigenvalue weighted by atomic mass is 10.1. The Kier molecular flexibility index (Phi) is 4.29. The van der Waals surface area contributed by atoms with Gasteiger partial charge in [0, 0.05) is 23.7 Å². The highest BCUT2D eigenvalue weighted by Gasteiger charge is 2.18. The highest BCUT2D eigenvalue weighted by molar-refractivity contribution is 7.15. The van der Waals surface area contributed by atoms with Crippen molar-refractivity contribution < 1.29 is 4.79 Å². The molecular formula is C16H19N5OS. The van der Waals surface area contributed by atoms with Crippen LogP contribution in [0.2, 0.25) is 0 Å². The molecule has 0 spiro atoms. The first kappa shape index (κ1) is 15.5. The van der Waals surface area contributed by atoms with Gasteiger partial charge < -0.3 is 5.32 Å². The summed E-state index contributed by atoms with van der Waals surface area (Å²) < 4.78 is 1.73. The predicted octanol–water partition coefficient (Wildman–Crippen LogP) is 3.06. The van der Waals surface area contributed by atoms with Gasteiger partial charge in [-0.2, -0.15) is 10.2 Å². The third kappa shape index (κ3) is 3.34. The number of carbonyl (C=O) groups excluding carboxylic acids is 1. The van der Waals surface area contributed by atoms with E-state index in [1.165, 1.54) is 4.88 Å². The van der Waals surface area contributed by atoms with Gasteiger partial charge in [-0.25, -0.2) is 0 Å². The number of aryl methyl sites for hydroxylation is 2. The molecule has 0 saturated heterocycles. The molecule has 23 heavy (non-hydrogen) atoms. The molecule has 0 bridgehead atoms. The molecule has 0 aliphatic carbocycles. The van der Waals surface area contributed by atoms with Crippen LogP contribution in [-0.2, 0) is 7.05 Å². The third-order valence-corrected chi connectivity index (χ3v) is 4.69. The maximum absolute atomic E-state index is 12.4. The largest absolute Gasteiger partial charge is 0.344 e. The maximum atomic E-state index is 12.4. The minimum absolute atomic E-state index is 0.0691. The molecule has 2 N–H and O–H groups in total. The Morgan fingerprint density at radius 2 is 2.30 bits per heavy atom. The zero-order valence-corrected chi connectivity index (χ0v) is 14.1. The summed E-state index contributed by atoms with van der Waals surface area (Å²) in [7, 11) is 1.86. The van der Waals surface area contributed by atoms with Gasteiger partial charge in [-0.15, -0.1) is 11.3 Å². The number of aromatic amines is 1. The Bertz CT molecular complexity index is 816. The lowest BCUT2D eigenvalue weighted by molar-refractivity contribution is 0.0930. The van der Waals surface area contributed by atoms with Crippen molar-refractivity contribution >= 4 is 17.2 Å². The molecule has 0 fully saturated rings. The van der Waals surface area contributed by atoms with Crippen LogP contribution in [0.3, 0.4) is 0 Å². The first-order valence-electron chi connectivity index (χ1n) is 7.48. The number of aromatic nitrogens is 4. The van der Waals surface area contributed by atoms with Crippen LogP contribution in [0.5, 0.6) is 0 Å². The second kappa shape index (κ2) is 6.37. The van der Waals surface area contributed by atoms with Crippen molar-refractivity contribution in [3.63, 3.8) is 0 Å². The van der Waals surface area contributed by atoms with Gasteiger partial charge in [0.25, 0.3) is 5.91 Å². The minimum atomic E-state index is -0.184. The van der Waals surface area contributed by atoms with Crippen molar-refractivity contribution in [1.29, 1.82) is 0 Å². The summed E-state index contributed by atoms with van der Waals surface area (Å²) in [5.74, 6) is -0.184. The monoisotopic (exact) mass is 329 g/mol. The van der Waals surface area contributed by atoms with E-state index in [1.54, 1.807) is 28.3 Å². The van der Waals surface area contributed by atoms with E-state index in [1.807, 2.05) is 26.2 Å². The van der Waals surface area contributed by atoms with Gasteiger partial charge in [-0.1, -0.05) is 6.92 Å². The lowest BCUT2D eigenvalue weighted by Gasteiger charge is -2.14. The van der Waals surface area contributed by atoms with Crippen molar-refractivity contribution in [1.82, 2.24) is 25.3 Å². The smallest absolute Gasteiger partial charge is 0.272 e. The summed E-state index contributed by atoms with van der Waals surface area (Å²) in [6, 6.07) is 5.80. The van der Waals surface area contributed by atoms with E-state index in [0.717, 1.165) is 22.6 Å². The van der Waals surface area contributed by atoms with Crippen LogP contribution in [0.4, 0.5) is 0 Å². The second-order valence-electron chi connectivity index (χ2n) is 5.46. The average molecular weight is 329 g/mol. The number of H-pyrrole nitrogens is 1. The van der Waals surface area contributed by atoms with Gasteiger partial charge >= 0.3 is 0 Å². The zero-order chi connectivity index (χ0) is 16.4. The summed E-state index contributed by atoms with van der Waals surface area (Å²) in [5, 5.41) is 14.2. The van der Waals surface area contributed by atoms with E-state index in [-0.39, 0.29) is 11.9 Å². The average Bonchev–Trinajstić information content (AvgIpc) is 3.24. The van der Waals surface area contributed by atoms with Gasteiger partial charge in [-0.3, -0.25) is 14.6 Å². The SMILES string of the molecule is CC[C@@H](NC(=O)c1cc(-c2ccc(C)s2)[nH]n1)c1cnn(C)c1. The summed E-state index contributed by atoms with van der Waals surface area (Å²) in [6.45, 7) is 4.08. The van der Waals surface area contributed by atoms with Crippen LogP contribution in [0.25, 0.3) is 10.6 Å². The van der Waals surface area contributed by atoms with E-state index in [0.29, 0.717) is 5.69 Å². The van der Waals surface area contributed by atoms with Crippen molar-refractivity contribution in [3.8, 4) is 10.6 Å². The lowest BCUT2D eigenvalue weighted by Crippen LogP contribution is -2.28. The molecule has 6 nitrogen and oxygen atoms in total. The zero-order valence-electron chi connectivity index (χ0n) is 13.3. The van der Waals surface area contributed by atoms with Crippen LogP contribution >= 0.6 is 11.3 Å². The fraction of sp³-hybridized carbons (Fsp3) is 0.312. The quantitative estimate of drug-likeness (QED) is 0.755. The Hall–Kier alpha value is -2.41. The van der Waals surface area contributed by atoms with Gasteiger partial charge in [0.15, 0.2) is 5.69 Å². The van der Waals surface area contributed by atoms with Crippen molar-refractivity contribution in [2.45, 2.75) is 26.3 Å². The van der Waals surface area contributed by atoms with Crippen molar-refractivity contribution in [3.05, 3.63) is 46.7 Å². The summed E-state index contributed by atoms with van der Waals surface area (Å²) >= 11 is 1.67. The first-order chi connectivity index (χ1) is 11.1. The van der Waals surface area contributed by atoms with Crippen LogP contribution in [0, 0.1) is 6.92 Å². The van der Waals surface area contributed by atoms with Crippen molar-refractivity contribution in [2.24, 2.45) is 7.05 Å². The minimum Gasteiger partial charge on any atom is -0.344 e. The predicted molar refractivity (Wildman–Crippen MR) is 90.3 cm³/mol. The van der Waals surface area contributed by atoms with Crippen LogP contribution in [0.1, 0.15) is 40.3 Å². The van der Waals surface area contributed by atoms with Crippen LogP contribution in [0.15, 0.2) is 30.6 Å². The molecule has 0 aromatic carbocycles. The summed E-state index contributed by atoms with van der Waals surface area (Å²) in [5.41, 5.74) is 2.25.